The van der Waals surface area contributed by atoms with Crippen LogP contribution in [0.25, 0.3) is 0 Å². The van der Waals surface area contributed by atoms with Crippen molar-refractivity contribution in [2.45, 2.75) is 88.5 Å². The zero-order chi connectivity index (χ0) is 19.6. The van der Waals surface area contributed by atoms with E-state index in [-0.39, 0.29) is 4.90 Å². The summed E-state index contributed by atoms with van der Waals surface area (Å²) in [6.07, 6.45) is 4.38. The summed E-state index contributed by atoms with van der Waals surface area (Å²) in [6, 6.07) is 5.27. The Morgan fingerprint density at radius 3 is 2.38 bits per heavy atom. The maximum Gasteiger partial charge on any atom is 0.299 e. The predicted octanol–water partition coefficient (Wildman–Crippen LogP) is 3.97. The second-order valence-corrected chi connectivity index (χ2v) is 11.5. The summed E-state index contributed by atoms with van der Waals surface area (Å²) in [5.41, 5.74) is 0.651. The molecule has 1 aromatic carbocycles. The van der Waals surface area contributed by atoms with Crippen molar-refractivity contribution in [3.05, 3.63) is 29.3 Å². The van der Waals surface area contributed by atoms with Crippen LogP contribution in [0.5, 0.6) is 0 Å². The Bertz CT molecular complexity index is 720. The molecule has 0 saturated heterocycles. The summed E-state index contributed by atoms with van der Waals surface area (Å²) in [5, 5.41) is 0. The molecule has 0 spiro atoms. The highest BCUT2D eigenvalue weighted by molar-refractivity contribution is 7.91. The van der Waals surface area contributed by atoms with E-state index >= 15 is 0 Å². The molecule has 0 amide bonds. The molecule has 148 valence electrons. The fourth-order valence-corrected chi connectivity index (χ4v) is 5.55. The lowest BCUT2D eigenvalue weighted by molar-refractivity contribution is 0.0255. The van der Waals surface area contributed by atoms with Gasteiger partial charge in [0.2, 0.25) is 0 Å². The molecule has 0 aliphatic heterocycles. The molecule has 1 aliphatic carbocycles. The van der Waals surface area contributed by atoms with E-state index < -0.39 is 32.0 Å². The second kappa shape index (κ2) is 8.19. The average Bonchev–Trinajstić information content (AvgIpc) is 2.53. The van der Waals surface area contributed by atoms with Gasteiger partial charge in [0, 0.05) is 11.4 Å². The summed E-state index contributed by atoms with van der Waals surface area (Å²) in [7, 11) is -3.97. The van der Waals surface area contributed by atoms with Gasteiger partial charge in [0.1, 0.15) is 4.75 Å². The van der Waals surface area contributed by atoms with Crippen molar-refractivity contribution in [2.24, 2.45) is 0 Å². The standard InChI is InChI=1S/C19H31NO4S2/c1-6-16-14-15(2)10-11-17(16)26(22,23)24-19(12-8-7-9-13-19)20-25(21)18(3,4)5/h10-11,14,20H,6-9,12-13H2,1-5H3. The van der Waals surface area contributed by atoms with E-state index in [2.05, 4.69) is 4.72 Å². The maximum atomic E-state index is 13.1. The van der Waals surface area contributed by atoms with Crippen LogP contribution in [0.3, 0.4) is 0 Å². The number of hydrogen-bond donors (Lipinski definition) is 1. The smallest absolute Gasteiger partial charge is 0.299 e. The van der Waals surface area contributed by atoms with Gasteiger partial charge in [0.05, 0.1) is 4.90 Å². The third-order valence-electron chi connectivity index (χ3n) is 4.63. The van der Waals surface area contributed by atoms with Crippen molar-refractivity contribution in [1.82, 2.24) is 4.72 Å². The molecule has 1 N–H and O–H groups in total. The van der Waals surface area contributed by atoms with Crippen LogP contribution in [0.2, 0.25) is 0 Å². The van der Waals surface area contributed by atoms with E-state index in [0.717, 1.165) is 30.4 Å². The van der Waals surface area contributed by atoms with Gasteiger partial charge in [-0.15, -0.1) is 4.72 Å². The highest BCUT2D eigenvalue weighted by atomic mass is 32.2. The van der Waals surface area contributed by atoms with E-state index in [9.17, 15) is 13.0 Å². The van der Waals surface area contributed by atoms with Crippen molar-refractivity contribution in [1.29, 1.82) is 0 Å². The quantitative estimate of drug-likeness (QED) is 0.443. The van der Waals surface area contributed by atoms with Crippen molar-refractivity contribution in [2.75, 3.05) is 0 Å². The average molecular weight is 402 g/mol. The molecule has 0 bridgehead atoms. The zero-order valence-electron chi connectivity index (χ0n) is 16.4. The first-order chi connectivity index (χ1) is 12.0. The van der Waals surface area contributed by atoms with Gasteiger partial charge in [-0.3, -0.25) is 0 Å². The van der Waals surface area contributed by atoms with Crippen LogP contribution in [0.1, 0.15) is 70.9 Å². The summed E-state index contributed by atoms with van der Waals surface area (Å²) < 4.78 is 47.1. The molecule has 1 aromatic rings. The number of rotatable bonds is 6. The summed E-state index contributed by atoms with van der Waals surface area (Å²) >= 11 is -1.42. The first-order valence-corrected chi connectivity index (χ1v) is 11.8. The van der Waals surface area contributed by atoms with Crippen LogP contribution in [-0.4, -0.2) is 23.4 Å². The SMILES string of the molecule is CCc1cc(C)ccc1S(=O)(=O)OC1(N[S+]([O-])C(C)(C)C)CCCCC1. The Morgan fingerprint density at radius 1 is 1.23 bits per heavy atom. The molecule has 0 aromatic heterocycles. The zero-order valence-corrected chi connectivity index (χ0v) is 18.1. The molecule has 1 aliphatic rings. The minimum absolute atomic E-state index is 0.207. The Morgan fingerprint density at radius 2 is 1.85 bits per heavy atom. The number of nitrogens with one attached hydrogen (secondary N) is 1. The Hall–Kier alpha value is -0.600. The molecule has 1 atom stereocenters. The van der Waals surface area contributed by atoms with Gasteiger partial charge in [0.15, 0.2) is 5.72 Å². The van der Waals surface area contributed by atoms with Gasteiger partial charge in [-0.05, 0) is 71.4 Å². The molecular weight excluding hydrogens is 370 g/mol. The maximum absolute atomic E-state index is 13.1. The molecule has 1 saturated carbocycles. The first kappa shape index (κ1) is 21.7. The molecule has 5 nitrogen and oxygen atoms in total. The summed E-state index contributed by atoms with van der Waals surface area (Å²) in [5.74, 6) is 0. The summed E-state index contributed by atoms with van der Waals surface area (Å²) in [4.78, 5) is 0.207. The minimum atomic E-state index is -3.97. The van der Waals surface area contributed by atoms with Crippen molar-refractivity contribution in [3.63, 3.8) is 0 Å². The topological polar surface area (TPSA) is 78.5 Å². The van der Waals surface area contributed by atoms with Crippen LogP contribution in [0.4, 0.5) is 0 Å². The normalized spacial score (nSPS) is 19.3. The highest BCUT2D eigenvalue weighted by Gasteiger charge is 2.45. The number of hydrogen-bond acceptors (Lipinski definition) is 5. The Kier molecular flexibility index (Phi) is 6.83. The van der Waals surface area contributed by atoms with E-state index in [0.29, 0.717) is 19.3 Å². The lowest BCUT2D eigenvalue weighted by Crippen LogP contribution is -2.56. The molecule has 26 heavy (non-hydrogen) atoms. The van der Waals surface area contributed by atoms with E-state index in [1.54, 1.807) is 12.1 Å². The fourth-order valence-electron chi connectivity index (χ4n) is 3.13. The highest BCUT2D eigenvalue weighted by Crippen LogP contribution is 2.35. The molecule has 7 heteroatoms. The predicted molar refractivity (Wildman–Crippen MR) is 106 cm³/mol. The van der Waals surface area contributed by atoms with Crippen molar-refractivity contribution in [3.8, 4) is 0 Å². The minimum Gasteiger partial charge on any atom is -0.598 e. The second-order valence-electron chi connectivity index (χ2n) is 8.04. The molecule has 0 heterocycles. The molecule has 0 radical (unpaired) electrons. The van der Waals surface area contributed by atoms with Crippen molar-refractivity contribution >= 4 is 21.5 Å². The molecular formula is C19H31NO4S2. The van der Waals surface area contributed by atoms with Crippen LogP contribution >= 0.6 is 0 Å². The Labute approximate surface area is 161 Å². The summed E-state index contributed by atoms with van der Waals surface area (Å²) in [6.45, 7) is 9.44. The molecule has 2 rings (SSSR count). The van der Waals surface area contributed by atoms with Gasteiger partial charge in [-0.25, -0.2) is 4.18 Å². The van der Waals surface area contributed by atoms with Crippen LogP contribution < -0.4 is 4.72 Å². The molecule has 1 unspecified atom stereocenters. The van der Waals surface area contributed by atoms with Crippen molar-refractivity contribution < 1.29 is 17.2 Å². The Balaban J connectivity index is 2.35. The van der Waals surface area contributed by atoms with Gasteiger partial charge in [0.25, 0.3) is 10.1 Å². The van der Waals surface area contributed by atoms with Gasteiger partial charge in [-0.2, -0.15) is 8.42 Å². The lowest BCUT2D eigenvalue weighted by Gasteiger charge is -2.38. The third-order valence-corrected chi connectivity index (χ3v) is 7.78. The van der Waals surface area contributed by atoms with E-state index in [1.807, 2.05) is 40.7 Å². The third kappa shape index (κ3) is 5.23. The van der Waals surface area contributed by atoms with E-state index in [1.165, 1.54) is 0 Å². The lowest BCUT2D eigenvalue weighted by atomic mass is 9.93. The van der Waals surface area contributed by atoms with Crippen LogP contribution in [-0.2, 0) is 32.1 Å². The van der Waals surface area contributed by atoms with Gasteiger partial charge in [-0.1, -0.05) is 31.0 Å². The fraction of sp³-hybridized carbons (Fsp3) is 0.684. The number of benzene rings is 1. The van der Waals surface area contributed by atoms with Gasteiger partial charge < -0.3 is 4.55 Å². The molecule has 1 fully saturated rings. The largest absolute Gasteiger partial charge is 0.598 e. The van der Waals surface area contributed by atoms with Crippen LogP contribution in [0, 0.1) is 6.92 Å². The van der Waals surface area contributed by atoms with Crippen LogP contribution in [0.15, 0.2) is 23.1 Å². The van der Waals surface area contributed by atoms with Gasteiger partial charge >= 0.3 is 0 Å². The first-order valence-electron chi connectivity index (χ1n) is 9.24. The monoisotopic (exact) mass is 401 g/mol. The van der Waals surface area contributed by atoms with E-state index in [4.69, 9.17) is 4.18 Å². The number of aryl methyl sites for hydroxylation is 2.